The zero-order valence-electron chi connectivity index (χ0n) is 11.4. The minimum absolute atomic E-state index is 0.0690. The Kier molecular flexibility index (Phi) is 4.38. The monoisotopic (exact) mass is 270 g/mol. The third-order valence-electron chi connectivity index (χ3n) is 3.07. The lowest BCUT2D eigenvalue weighted by Crippen LogP contribution is -2.05. The summed E-state index contributed by atoms with van der Waals surface area (Å²) in [5.41, 5.74) is 10.3. The van der Waals surface area contributed by atoms with E-state index in [0.29, 0.717) is 12.1 Å². The topological polar surface area (TPSA) is 75.3 Å². The Hall–Kier alpha value is -2.33. The average molecular weight is 270 g/mol. The molecule has 0 saturated heterocycles. The molecule has 0 fully saturated rings. The van der Waals surface area contributed by atoms with E-state index in [2.05, 4.69) is 5.32 Å². The first-order chi connectivity index (χ1) is 9.61. The van der Waals surface area contributed by atoms with E-state index in [1.807, 2.05) is 42.5 Å². The number of nitrogens with two attached hydrogens (primary N) is 1. The molecule has 0 heterocycles. The smallest absolute Gasteiger partial charge is 0.221 e. The van der Waals surface area contributed by atoms with Crippen molar-refractivity contribution in [3.8, 4) is 11.1 Å². The Labute approximate surface area is 118 Å². The number of amides is 1. The number of nitrogens with one attached hydrogen (secondary N) is 1. The van der Waals surface area contributed by atoms with Crippen molar-refractivity contribution in [1.82, 2.24) is 0 Å². The minimum atomic E-state index is -0.107. The first-order valence-electron chi connectivity index (χ1n) is 6.48. The number of para-hydroxylation sites is 1. The average Bonchev–Trinajstić information content (AvgIpc) is 2.41. The van der Waals surface area contributed by atoms with Crippen LogP contribution in [-0.4, -0.2) is 17.6 Å². The lowest BCUT2D eigenvalue weighted by atomic mass is 9.98. The molecule has 0 saturated carbocycles. The van der Waals surface area contributed by atoms with Crippen LogP contribution in [-0.2, 0) is 11.2 Å². The van der Waals surface area contributed by atoms with Crippen LogP contribution >= 0.6 is 0 Å². The second-order valence-electron chi connectivity index (χ2n) is 4.61. The van der Waals surface area contributed by atoms with E-state index in [0.717, 1.165) is 22.4 Å². The summed E-state index contributed by atoms with van der Waals surface area (Å²) >= 11 is 0. The molecule has 0 spiro atoms. The molecule has 0 bridgehead atoms. The number of benzene rings is 2. The molecule has 20 heavy (non-hydrogen) atoms. The number of rotatable bonds is 4. The van der Waals surface area contributed by atoms with Crippen LogP contribution in [0.3, 0.4) is 0 Å². The summed E-state index contributed by atoms with van der Waals surface area (Å²) < 4.78 is 0. The zero-order chi connectivity index (χ0) is 14.5. The molecule has 0 aliphatic heterocycles. The Morgan fingerprint density at radius 2 is 2.00 bits per heavy atom. The number of aliphatic hydroxyl groups excluding tert-OH is 1. The third-order valence-corrected chi connectivity index (χ3v) is 3.07. The maximum atomic E-state index is 11.1. The highest BCUT2D eigenvalue weighted by atomic mass is 16.3. The van der Waals surface area contributed by atoms with Gasteiger partial charge < -0.3 is 16.2 Å². The SMILES string of the molecule is CC(=O)Nc1cccc(-c2cccc(CCO)c2N)c1. The molecule has 4 heteroatoms. The van der Waals surface area contributed by atoms with Gasteiger partial charge in [0.05, 0.1) is 0 Å². The second-order valence-corrected chi connectivity index (χ2v) is 4.61. The van der Waals surface area contributed by atoms with Gasteiger partial charge in [-0.25, -0.2) is 0 Å². The van der Waals surface area contributed by atoms with Gasteiger partial charge in [-0.05, 0) is 29.7 Å². The summed E-state index contributed by atoms with van der Waals surface area (Å²) in [5.74, 6) is -0.107. The molecule has 2 rings (SSSR count). The van der Waals surface area contributed by atoms with Crippen LogP contribution < -0.4 is 11.1 Å². The third kappa shape index (κ3) is 3.16. The molecule has 0 aromatic heterocycles. The molecule has 2 aromatic rings. The number of aliphatic hydroxyl groups is 1. The summed E-state index contributed by atoms with van der Waals surface area (Å²) in [7, 11) is 0. The number of nitrogen functional groups attached to an aromatic ring is 1. The Morgan fingerprint density at radius 1 is 1.25 bits per heavy atom. The second kappa shape index (κ2) is 6.21. The summed E-state index contributed by atoms with van der Waals surface area (Å²) in [6.07, 6.45) is 0.533. The van der Waals surface area contributed by atoms with Gasteiger partial charge in [0.2, 0.25) is 5.91 Å². The van der Waals surface area contributed by atoms with E-state index in [1.54, 1.807) is 0 Å². The van der Waals surface area contributed by atoms with Crippen molar-refractivity contribution in [2.75, 3.05) is 17.7 Å². The summed E-state index contributed by atoms with van der Waals surface area (Å²) in [5, 5.41) is 11.8. The van der Waals surface area contributed by atoms with Gasteiger partial charge >= 0.3 is 0 Å². The molecular formula is C16H18N2O2. The molecule has 0 aliphatic rings. The van der Waals surface area contributed by atoms with Crippen LogP contribution in [0.15, 0.2) is 42.5 Å². The van der Waals surface area contributed by atoms with E-state index >= 15 is 0 Å². The Balaban J connectivity index is 2.41. The van der Waals surface area contributed by atoms with Gasteiger partial charge in [-0.15, -0.1) is 0 Å². The molecule has 0 aliphatic carbocycles. The number of carbonyl (C=O) groups is 1. The zero-order valence-corrected chi connectivity index (χ0v) is 11.4. The standard InChI is InChI=1S/C16H18N2O2/c1-11(20)18-14-6-2-5-13(10-14)15-7-3-4-12(8-9-19)16(15)17/h2-7,10,19H,8-9,17H2,1H3,(H,18,20). The maximum absolute atomic E-state index is 11.1. The minimum Gasteiger partial charge on any atom is -0.398 e. The van der Waals surface area contributed by atoms with Crippen molar-refractivity contribution < 1.29 is 9.90 Å². The molecule has 0 radical (unpaired) electrons. The normalized spacial score (nSPS) is 10.3. The van der Waals surface area contributed by atoms with Crippen molar-refractivity contribution in [3.63, 3.8) is 0 Å². The highest BCUT2D eigenvalue weighted by Gasteiger charge is 2.07. The number of hydrogen-bond acceptors (Lipinski definition) is 3. The van der Waals surface area contributed by atoms with Crippen LogP contribution in [0.25, 0.3) is 11.1 Å². The molecular weight excluding hydrogens is 252 g/mol. The summed E-state index contributed by atoms with van der Waals surface area (Å²) in [6.45, 7) is 1.54. The van der Waals surface area contributed by atoms with E-state index < -0.39 is 0 Å². The van der Waals surface area contributed by atoms with E-state index in [9.17, 15) is 4.79 Å². The number of anilines is 2. The van der Waals surface area contributed by atoms with Crippen LogP contribution in [0.4, 0.5) is 11.4 Å². The molecule has 4 N–H and O–H groups in total. The van der Waals surface area contributed by atoms with E-state index in [1.165, 1.54) is 6.92 Å². The fraction of sp³-hybridized carbons (Fsp3) is 0.188. The van der Waals surface area contributed by atoms with Crippen molar-refractivity contribution in [2.24, 2.45) is 0 Å². The van der Waals surface area contributed by atoms with Gasteiger partial charge in [0.1, 0.15) is 0 Å². The van der Waals surface area contributed by atoms with Crippen LogP contribution in [0, 0.1) is 0 Å². The van der Waals surface area contributed by atoms with Crippen LogP contribution in [0.5, 0.6) is 0 Å². The van der Waals surface area contributed by atoms with Gasteiger partial charge in [0.15, 0.2) is 0 Å². The van der Waals surface area contributed by atoms with Crippen molar-refractivity contribution >= 4 is 17.3 Å². The first-order valence-corrected chi connectivity index (χ1v) is 6.48. The van der Waals surface area contributed by atoms with E-state index in [-0.39, 0.29) is 12.5 Å². The van der Waals surface area contributed by atoms with Crippen molar-refractivity contribution in [2.45, 2.75) is 13.3 Å². The lowest BCUT2D eigenvalue weighted by molar-refractivity contribution is -0.114. The molecule has 1 amide bonds. The van der Waals surface area contributed by atoms with Crippen LogP contribution in [0.1, 0.15) is 12.5 Å². The molecule has 104 valence electrons. The van der Waals surface area contributed by atoms with Gasteiger partial charge in [-0.2, -0.15) is 0 Å². The Bertz CT molecular complexity index is 624. The van der Waals surface area contributed by atoms with Gasteiger partial charge in [-0.3, -0.25) is 4.79 Å². The first kappa shape index (κ1) is 14.1. The highest BCUT2D eigenvalue weighted by molar-refractivity contribution is 5.90. The molecule has 0 atom stereocenters. The van der Waals surface area contributed by atoms with Gasteiger partial charge in [0.25, 0.3) is 0 Å². The predicted octanol–water partition coefficient (Wildman–Crippen LogP) is 2.43. The highest BCUT2D eigenvalue weighted by Crippen LogP contribution is 2.30. The van der Waals surface area contributed by atoms with Gasteiger partial charge in [-0.1, -0.05) is 30.3 Å². The molecule has 2 aromatic carbocycles. The maximum Gasteiger partial charge on any atom is 0.221 e. The predicted molar refractivity (Wildman–Crippen MR) is 81.4 cm³/mol. The quantitative estimate of drug-likeness (QED) is 0.747. The lowest BCUT2D eigenvalue weighted by Gasteiger charge is -2.12. The van der Waals surface area contributed by atoms with Crippen molar-refractivity contribution in [1.29, 1.82) is 0 Å². The largest absolute Gasteiger partial charge is 0.398 e. The van der Waals surface area contributed by atoms with Crippen molar-refractivity contribution in [3.05, 3.63) is 48.0 Å². The molecule has 4 nitrogen and oxygen atoms in total. The molecule has 0 unspecified atom stereocenters. The summed E-state index contributed by atoms with van der Waals surface area (Å²) in [4.78, 5) is 11.1. The van der Waals surface area contributed by atoms with Crippen LogP contribution in [0.2, 0.25) is 0 Å². The van der Waals surface area contributed by atoms with Gasteiger partial charge in [0, 0.05) is 30.5 Å². The number of carbonyl (C=O) groups excluding carboxylic acids is 1. The Morgan fingerprint density at radius 3 is 2.70 bits per heavy atom. The fourth-order valence-corrected chi connectivity index (χ4v) is 2.17. The van der Waals surface area contributed by atoms with E-state index in [4.69, 9.17) is 10.8 Å². The fourth-order valence-electron chi connectivity index (χ4n) is 2.17. The summed E-state index contributed by atoms with van der Waals surface area (Å²) in [6, 6.07) is 13.3. The number of hydrogen-bond donors (Lipinski definition) is 3.